The third-order valence-electron chi connectivity index (χ3n) is 2.97. The third kappa shape index (κ3) is 3.41. The van der Waals surface area contributed by atoms with Gasteiger partial charge in [-0.3, -0.25) is 4.79 Å². The summed E-state index contributed by atoms with van der Waals surface area (Å²) >= 11 is 1.54. The van der Waals surface area contributed by atoms with Crippen LogP contribution in [0, 0.1) is 5.92 Å². The van der Waals surface area contributed by atoms with Crippen LogP contribution >= 0.6 is 11.3 Å². The summed E-state index contributed by atoms with van der Waals surface area (Å²) in [5.41, 5.74) is 0. The van der Waals surface area contributed by atoms with Gasteiger partial charge in [0.05, 0.1) is 11.4 Å². The van der Waals surface area contributed by atoms with Crippen molar-refractivity contribution in [3.8, 4) is 10.8 Å². The van der Waals surface area contributed by atoms with Crippen LogP contribution in [0.3, 0.4) is 0 Å². The molecule has 0 fully saturated rings. The smallest absolute Gasteiger partial charge is 0.257 e. The zero-order valence-electron chi connectivity index (χ0n) is 11.0. The van der Waals surface area contributed by atoms with E-state index in [0.717, 1.165) is 17.7 Å². The third-order valence-corrected chi connectivity index (χ3v) is 3.83. The molecule has 1 amide bonds. The first-order valence-electron chi connectivity index (χ1n) is 6.38. The highest BCUT2D eigenvalue weighted by molar-refractivity contribution is 7.13. The van der Waals surface area contributed by atoms with Gasteiger partial charge in [0, 0.05) is 5.92 Å². The van der Waals surface area contributed by atoms with Crippen LogP contribution in [-0.4, -0.2) is 16.1 Å². The van der Waals surface area contributed by atoms with Crippen LogP contribution in [0.25, 0.3) is 10.8 Å². The summed E-state index contributed by atoms with van der Waals surface area (Å²) in [6.45, 7) is 4.30. The monoisotopic (exact) mass is 279 g/mol. The molecule has 2 aromatic rings. The maximum atomic E-state index is 11.8. The summed E-state index contributed by atoms with van der Waals surface area (Å²) in [4.78, 5) is 12.8. The van der Waals surface area contributed by atoms with Crippen LogP contribution in [0.15, 0.2) is 21.9 Å². The Labute approximate surface area is 116 Å². The molecule has 0 radical (unpaired) electrons. The number of nitrogens with one attached hydrogen (secondary N) is 1. The van der Waals surface area contributed by atoms with Crippen LogP contribution in [0.4, 0.5) is 0 Å². The topological polar surface area (TPSA) is 68.0 Å². The lowest BCUT2D eigenvalue weighted by Gasteiger charge is -2.10. The number of amides is 1. The number of aromatic nitrogens is 2. The van der Waals surface area contributed by atoms with Crippen molar-refractivity contribution in [3.63, 3.8) is 0 Å². The van der Waals surface area contributed by atoms with E-state index in [1.165, 1.54) is 0 Å². The molecular formula is C13H17N3O2S. The number of hydrogen-bond acceptors (Lipinski definition) is 5. The highest BCUT2D eigenvalue weighted by Gasteiger charge is 2.15. The predicted octanol–water partition coefficient (Wildman–Crippen LogP) is 2.85. The van der Waals surface area contributed by atoms with E-state index in [0.29, 0.717) is 11.8 Å². The van der Waals surface area contributed by atoms with E-state index in [9.17, 15) is 4.79 Å². The second-order valence-electron chi connectivity index (χ2n) is 4.21. The SMILES string of the molecule is CCC(CC)C(=O)NCc1nnc(-c2cccs2)o1. The number of carbonyl (C=O) groups excluding carboxylic acids is 1. The van der Waals surface area contributed by atoms with E-state index in [1.807, 2.05) is 31.4 Å². The number of hydrogen-bond donors (Lipinski definition) is 1. The first kappa shape index (κ1) is 13.7. The summed E-state index contributed by atoms with van der Waals surface area (Å²) in [5.74, 6) is 1.03. The van der Waals surface area contributed by atoms with Gasteiger partial charge in [0.25, 0.3) is 5.89 Å². The van der Waals surface area contributed by atoms with E-state index >= 15 is 0 Å². The number of carbonyl (C=O) groups is 1. The Bertz CT molecular complexity index is 518. The van der Waals surface area contributed by atoms with Gasteiger partial charge in [0.15, 0.2) is 0 Å². The van der Waals surface area contributed by atoms with Gasteiger partial charge in [-0.2, -0.15) is 0 Å². The molecule has 0 aliphatic heterocycles. The summed E-state index contributed by atoms with van der Waals surface area (Å²) in [6.07, 6.45) is 1.68. The summed E-state index contributed by atoms with van der Waals surface area (Å²) in [7, 11) is 0. The van der Waals surface area contributed by atoms with Crippen molar-refractivity contribution >= 4 is 17.2 Å². The molecule has 2 aromatic heterocycles. The first-order chi connectivity index (χ1) is 9.24. The Kier molecular flexibility index (Phi) is 4.68. The molecule has 6 heteroatoms. The Morgan fingerprint density at radius 1 is 1.42 bits per heavy atom. The van der Waals surface area contributed by atoms with Gasteiger partial charge in [-0.05, 0) is 24.3 Å². The van der Waals surface area contributed by atoms with Gasteiger partial charge >= 0.3 is 0 Å². The summed E-state index contributed by atoms with van der Waals surface area (Å²) in [6, 6.07) is 3.85. The number of rotatable bonds is 6. The summed E-state index contributed by atoms with van der Waals surface area (Å²) in [5, 5.41) is 12.7. The lowest BCUT2D eigenvalue weighted by molar-refractivity contribution is -0.125. The lowest BCUT2D eigenvalue weighted by atomic mass is 10.0. The zero-order valence-corrected chi connectivity index (χ0v) is 11.9. The Hall–Kier alpha value is -1.69. The van der Waals surface area contributed by atoms with Crippen molar-refractivity contribution in [1.82, 2.24) is 15.5 Å². The first-order valence-corrected chi connectivity index (χ1v) is 7.26. The molecule has 0 spiro atoms. The Morgan fingerprint density at radius 2 is 2.21 bits per heavy atom. The van der Waals surface area contributed by atoms with Crippen LogP contribution < -0.4 is 5.32 Å². The fourth-order valence-corrected chi connectivity index (χ4v) is 2.44. The Balaban J connectivity index is 1.92. The second-order valence-corrected chi connectivity index (χ2v) is 5.16. The van der Waals surface area contributed by atoms with E-state index in [-0.39, 0.29) is 18.4 Å². The molecule has 0 aromatic carbocycles. The lowest BCUT2D eigenvalue weighted by Crippen LogP contribution is -2.29. The predicted molar refractivity (Wildman–Crippen MR) is 73.5 cm³/mol. The molecule has 19 heavy (non-hydrogen) atoms. The molecule has 0 bridgehead atoms. The van der Waals surface area contributed by atoms with Gasteiger partial charge in [-0.25, -0.2) is 0 Å². The minimum Gasteiger partial charge on any atom is -0.418 e. The quantitative estimate of drug-likeness (QED) is 0.882. The highest BCUT2D eigenvalue weighted by atomic mass is 32.1. The van der Waals surface area contributed by atoms with Crippen LogP contribution in [0.2, 0.25) is 0 Å². The van der Waals surface area contributed by atoms with Gasteiger partial charge in [0.2, 0.25) is 11.8 Å². The van der Waals surface area contributed by atoms with Gasteiger partial charge in [0.1, 0.15) is 0 Å². The van der Waals surface area contributed by atoms with Crippen molar-refractivity contribution in [3.05, 3.63) is 23.4 Å². The van der Waals surface area contributed by atoms with Gasteiger partial charge < -0.3 is 9.73 Å². The van der Waals surface area contributed by atoms with Crippen LogP contribution in [-0.2, 0) is 11.3 Å². The fourth-order valence-electron chi connectivity index (χ4n) is 1.79. The van der Waals surface area contributed by atoms with Crippen molar-refractivity contribution in [2.45, 2.75) is 33.2 Å². The minimum absolute atomic E-state index is 0.0425. The van der Waals surface area contributed by atoms with Crippen molar-refractivity contribution in [2.75, 3.05) is 0 Å². The number of nitrogens with zero attached hydrogens (tertiary/aromatic N) is 2. The van der Waals surface area contributed by atoms with Crippen molar-refractivity contribution < 1.29 is 9.21 Å². The molecule has 0 unspecified atom stereocenters. The highest BCUT2D eigenvalue weighted by Crippen LogP contribution is 2.22. The normalized spacial score (nSPS) is 10.9. The molecule has 1 N–H and O–H groups in total. The average molecular weight is 279 g/mol. The molecule has 0 aliphatic carbocycles. The minimum atomic E-state index is 0.0425. The second kappa shape index (κ2) is 6.47. The van der Waals surface area contributed by atoms with E-state index < -0.39 is 0 Å². The molecule has 0 saturated carbocycles. The van der Waals surface area contributed by atoms with E-state index in [1.54, 1.807) is 11.3 Å². The maximum absolute atomic E-state index is 11.8. The molecule has 102 valence electrons. The maximum Gasteiger partial charge on any atom is 0.257 e. The van der Waals surface area contributed by atoms with Crippen molar-refractivity contribution in [2.24, 2.45) is 5.92 Å². The zero-order chi connectivity index (χ0) is 13.7. The van der Waals surface area contributed by atoms with E-state index in [4.69, 9.17) is 4.42 Å². The molecule has 5 nitrogen and oxygen atoms in total. The molecule has 0 saturated heterocycles. The van der Waals surface area contributed by atoms with E-state index in [2.05, 4.69) is 15.5 Å². The Morgan fingerprint density at radius 3 is 2.84 bits per heavy atom. The largest absolute Gasteiger partial charge is 0.418 e. The van der Waals surface area contributed by atoms with Gasteiger partial charge in [-0.15, -0.1) is 21.5 Å². The molecule has 0 aliphatic rings. The van der Waals surface area contributed by atoms with Crippen molar-refractivity contribution in [1.29, 1.82) is 0 Å². The fraction of sp³-hybridized carbons (Fsp3) is 0.462. The van der Waals surface area contributed by atoms with Crippen LogP contribution in [0.1, 0.15) is 32.6 Å². The number of thiophene rings is 1. The molecule has 0 atom stereocenters. The molecule has 2 heterocycles. The average Bonchev–Trinajstić information content (AvgIpc) is 3.08. The molecular weight excluding hydrogens is 262 g/mol. The van der Waals surface area contributed by atoms with Crippen LogP contribution in [0.5, 0.6) is 0 Å². The standard InChI is InChI=1S/C13H17N3O2S/c1-3-9(4-2)12(17)14-8-11-15-16-13(18-11)10-6-5-7-19-10/h5-7,9H,3-4,8H2,1-2H3,(H,14,17). The molecule has 2 rings (SSSR count). The summed E-state index contributed by atoms with van der Waals surface area (Å²) < 4.78 is 5.50. The van der Waals surface area contributed by atoms with Gasteiger partial charge in [-0.1, -0.05) is 19.9 Å².